The van der Waals surface area contributed by atoms with E-state index in [0.717, 1.165) is 39.6 Å². The molecule has 0 unspecified atom stereocenters. The Morgan fingerprint density at radius 1 is 1.19 bits per heavy atom. The molecule has 0 radical (unpaired) electrons. The Balaban J connectivity index is 1.63. The number of benzene rings is 1. The number of thiophene rings is 1. The molecule has 1 aliphatic heterocycles. The summed E-state index contributed by atoms with van der Waals surface area (Å²) < 4.78 is 10.8. The van der Waals surface area contributed by atoms with E-state index in [1.54, 1.807) is 17.7 Å². The van der Waals surface area contributed by atoms with Crippen LogP contribution in [0.5, 0.6) is 11.5 Å². The third kappa shape index (κ3) is 2.17. The third-order valence-corrected chi connectivity index (χ3v) is 4.28. The second-order valence-corrected chi connectivity index (χ2v) is 5.77. The molecular weight excluding hydrogens is 286 g/mol. The van der Waals surface area contributed by atoms with Gasteiger partial charge in [-0.25, -0.2) is 9.97 Å². The first-order valence-corrected chi connectivity index (χ1v) is 7.47. The van der Waals surface area contributed by atoms with Gasteiger partial charge in [0.25, 0.3) is 0 Å². The molecule has 0 bridgehead atoms. The molecule has 21 heavy (non-hydrogen) atoms. The Hall–Kier alpha value is -2.34. The molecule has 4 rings (SSSR count). The summed E-state index contributed by atoms with van der Waals surface area (Å²) in [7, 11) is 2.03. The fourth-order valence-corrected chi connectivity index (χ4v) is 3.20. The van der Waals surface area contributed by atoms with Gasteiger partial charge in [-0.05, 0) is 29.1 Å². The number of ether oxygens (including phenoxy) is 2. The van der Waals surface area contributed by atoms with Crippen molar-refractivity contribution < 1.29 is 9.47 Å². The van der Waals surface area contributed by atoms with Crippen LogP contribution < -0.4 is 14.4 Å². The average molecular weight is 299 g/mol. The number of aromatic nitrogens is 2. The van der Waals surface area contributed by atoms with E-state index >= 15 is 0 Å². The van der Waals surface area contributed by atoms with Crippen molar-refractivity contribution >= 4 is 27.4 Å². The van der Waals surface area contributed by atoms with E-state index in [1.165, 1.54) is 0 Å². The Labute approximate surface area is 125 Å². The van der Waals surface area contributed by atoms with Crippen LogP contribution in [0.2, 0.25) is 0 Å². The first kappa shape index (κ1) is 12.4. The van der Waals surface area contributed by atoms with E-state index in [9.17, 15) is 0 Å². The number of nitrogens with zero attached hydrogens (tertiary/aromatic N) is 3. The van der Waals surface area contributed by atoms with Crippen LogP contribution in [0.3, 0.4) is 0 Å². The van der Waals surface area contributed by atoms with Crippen molar-refractivity contribution in [2.24, 2.45) is 0 Å². The maximum absolute atomic E-state index is 5.42. The monoisotopic (exact) mass is 299 g/mol. The summed E-state index contributed by atoms with van der Waals surface area (Å²) in [4.78, 5) is 11.8. The summed E-state index contributed by atoms with van der Waals surface area (Å²) in [6, 6.07) is 8.08. The predicted octanol–water partition coefficient (Wildman–Crippen LogP) is 3.06. The molecule has 0 saturated heterocycles. The van der Waals surface area contributed by atoms with Crippen molar-refractivity contribution in [1.29, 1.82) is 0 Å². The number of fused-ring (bicyclic) bond motifs is 2. The fraction of sp³-hybridized carbons (Fsp3) is 0.200. The Morgan fingerprint density at radius 3 is 3.05 bits per heavy atom. The van der Waals surface area contributed by atoms with Gasteiger partial charge in [-0.3, -0.25) is 0 Å². The largest absolute Gasteiger partial charge is 0.454 e. The molecular formula is C15H13N3O2S. The lowest BCUT2D eigenvalue weighted by molar-refractivity contribution is 0.174. The minimum absolute atomic E-state index is 0.302. The lowest BCUT2D eigenvalue weighted by Gasteiger charge is -2.19. The number of rotatable bonds is 3. The molecule has 5 nitrogen and oxygen atoms in total. The van der Waals surface area contributed by atoms with Crippen molar-refractivity contribution in [2.45, 2.75) is 6.54 Å². The highest BCUT2D eigenvalue weighted by atomic mass is 32.1. The molecule has 6 heteroatoms. The molecule has 0 aliphatic carbocycles. The average Bonchev–Trinajstić information content (AvgIpc) is 3.14. The maximum Gasteiger partial charge on any atom is 0.231 e. The molecule has 0 atom stereocenters. The van der Waals surface area contributed by atoms with Gasteiger partial charge in [-0.2, -0.15) is 0 Å². The molecule has 0 N–H and O–H groups in total. The van der Waals surface area contributed by atoms with Gasteiger partial charge in [0.2, 0.25) is 6.79 Å². The highest BCUT2D eigenvalue weighted by molar-refractivity contribution is 7.16. The highest BCUT2D eigenvalue weighted by Crippen LogP contribution is 2.33. The summed E-state index contributed by atoms with van der Waals surface area (Å²) in [5, 5.41) is 3.13. The fourth-order valence-electron chi connectivity index (χ4n) is 2.47. The van der Waals surface area contributed by atoms with Crippen molar-refractivity contribution in [1.82, 2.24) is 9.97 Å². The van der Waals surface area contributed by atoms with E-state index in [0.29, 0.717) is 6.79 Å². The lowest BCUT2D eigenvalue weighted by Crippen LogP contribution is -2.17. The summed E-state index contributed by atoms with van der Waals surface area (Å²) in [6.45, 7) is 1.05. The zero-order valence-electron chi connectivity index (χ0n) is 11.4. The molecule has 3 aromatic rings. The second-order valence-electron chi connectivity index (χ2n) is 4.88. The van der Waals surface area contributed by atoms with Crippen molar-refractivity contribution in [3.63, 3.8) is 0 Å². The van der Waals surface area contributed by atoms with Crippen LogP contribution in [0.25, 0.3) is 10.2 Å². The van der Waals surface area contributed by atoms with Crippen LogP contribution in [0.4, 0.5) is 5.82 Å². The summed E-state index contributed by atoms with van der Waals surface area (Å²) in [5.74, 6) is 2.56. The van der Waals surface area contributed by atoms with Gasteiger partial charge in [0.1, 0.15) is 17.0 Å². The molecule has 0 spiro atoms. The van der Waals surface area contributed by atoms with Gasteiger partial charge < -0.3 is 14.4 Å². The zero-order valence-corrected chi connectivity index (χ0v) is 12.3. The van der Waals surface area contributed by atoms with Crippen LogP contribution in [0, 0.1) is 0 Å². The van der Waals surface area contributed by atoms with Gasteiger partial charge in [-0.1, -0.05) is 6.07 Å². The molecule has 106 valence electrons. The van der Waals surface area contributed by atoms with Gasteiger partial charge in [0.15, 0.2) is 11.5 Å². The van der Waals surface area contributed by atoms with Crippen molar-refractivity contribution in [3.05, 3.63) is 41.5 Å². The number of hydrogen-bond acceptors (Lipinski definition) is 6. The van der Waals surface area contributed by atoms with E-state index in [1.807, 2.05) is 24.6 Å². The van der Waals surface area contributed by atoms with Gasteiger partial charge in [0, 0.05) is 13.6 Å². The molecule has 0 amide bonds. The Morgan fingerprint density at radius 2 is 2.10 bits per heavy atom. The predicted molar refractivity (Wildman–Crippen MR) is 82.1 cm³/mol. The molecule has 0 saturated carbocycles. The van der Waals surface area contributed by atoms with E-state index in [-0.39, 0.29) is 0 Å². The minimum atomic E-state index is 0.302. The second kappa shape index (κ2) is 4.89. The first-order valence-electron chi connectivity index (χ1n) is 6.59. The third-order valence-electron chi connectivity index (χ3n) is 3.46. The molecule has 1 aliphatic rings. The minimum Gasteiger partial charge on any atom is -0.454 e. The molecule has 0 fully saturated rings. The zero-order chi connectivity index (χ0) is 14.2. The molecule has 1 aromatic carbocycles. The maximum atomic E-state index is 5.42. The Kier molecular flexibility index (Phi) is 2.89. The van der Waals surface area contributed by atoms with E-state index in [2.05, 4.69) is 27.0 Å². The standard InChI is InChI=1S/C15H13N3O2S/c1-18(14-11-4-5-21-15(11)17-8-16-14)7-10-2-3-12-13(6-10)20-9-19-12/h2-6,8H,7,9H2,1H3. The first-order chi connectivity index (χ1) is 10.3. The van der Waals surface area contributed by atoms with Gasteiger partial charge in [0.05, 0.1) is 5.39 Å². The topological polar surface area (TPSA) is 47.5 Å². The van der Waals surface area contributed by atoms with Crippen molar-refractivity contribution in [2.75, 3.05) is 18.7 Å². The van der Waals surface area contributed by atoms with E-state index in [4.69, 9.17) is 9.47 Å². The summed E-state index contributed by atoms with van der Waals surface area (Å²) in [5.41, 5.74) is 1.16. The van der Waals surface area contributed by atoms with Gasteiger partial charge >= 0.3 is 0 Å². The highest BCUT2D eigenvalue weighted by Gasteiger charge is 2.15. The summed E-state index contributed by atoms with van der Waals surface area (Å²) in [6.07, 6.45) is 1.62. The number of anilines is 1. The van der Waals surface area contributed by atoms with Crippen molar-refractivity contribution in [3.8, 4) is 11.5 Å². The van der Waals surface area contributed by atoms with Crippen LogP contribution >= 0.6 is 11.3 Å². The number of hydrogen-bond donors (Lipinski definition) is 0. The van der Waals surface area contributed by atoms with Gasteiger partial charge in [-0.15, -0.1) is 11.3 Å². The SMILES string of the molecule is CN(Cc1ccc2c(c1)OCO2)c1ncnc2sccc12. The molecule has 2 aromatic heterocycles. The summed E-state index contributed by atoms with van der Waals surface area (Å²) >= 11 is 1.63. The smallest absolute Gasteiger partial charge is 0.231 e. The molecule has 3 heterocycles. The normalized spacial score (nSPS) is 12.8. The van der Waals surface area contributed by atoms with Crippen LogP contribution in [0.15, 0.2) is 36.0 Å². The van der Waals surface area contributed by atoms with E-state index < -0.39 is 0 Å². The van der Waals surface area contributed by atoms with Crippen LogP contribution in [-0.2, 0) is 6.54 Å². The van der Waals surface area contributed by atoms with Crippen LogP contribution in [-0.4, -0.2) is 23.8 Å². The lowest BCUT2D eigenvalue weighted by atomic mass is 10.2. The Bertz CT molecular complexity index is 802. The quantitative estimate of drug-likeness (QED) is 0.744. The van der Waals surface area contributed by atoms with Crippen LogP contribution in [0.1, 0.15) is 5.56 Å².